The van der Waals surface area contributed by atoms with Crippen molar-refractivity contribution >= 4 is 30.4 Å². The fourth-order valence-electron chi connectivity index (χ4n) is 5.43. The Morgan fingerprint density at radius 2 is 0.675 bits per heavy atom. The first-order valence-electron chi connectivity index (χ1n) is 15.3. The summed E-state index contributed by atoms with van der Waals surface area (Å²) in [6.07, 6.45) is 21.0. The van der Waals surface area contributed by atoms with Gasteiger partial charge in [-0.2, -0.15) is 0 Å². The van der Waals surface area contributed by atoms with E-state index in [2.05, 4.69) is 97.9 Å². The highest BCUT2D eigenvalue weighted by Crippen LogP contribution is 2.56. The average molecular weight is 575 g/mol. The summed E-state index contributed by atoms with van der Waals surface area (Å²) in [7, 11) is -7.64. The van der Waals surface area contributed by atoms with Crippen LogP contribution < -0.4 is 15.9 Å². The molecule has 220 valence electrons. The predicted molar refractivity (Wildman–Crippen MR) is 171 cm³/mol. The highest BCUT2D eigenvalue weighted by molar-refractivity contribution is 7.95. The second-order valence-corrected chi connectivity index (χ2v) is 14.2. The standard InChI is InChI=1S/C34H48P.BF4/c1-2-3-4-5-6-7-8-9-10-11-12-13-14-24-31-35(32-25-18-15-19-26-32,33-27-20-16-21-28-33)34-29-22-17-23-30-34;2-1(3,4)5/h15-23,25-30H,2-14,24,31H2,1H3;/q+1;-1. The monoisotopic (exact) mass is 574 g/mol. The fourth-order valence-corrected chi connectivity index (χ4v) is 9.84. The van der Waals surface area contributed by atoms with Crippen LogP contribution in [0.5, 0.6) is 0 Å². The van der Waals surface area contributed by atoms with E-state index in [9.17, 15) is 17.3 Å². The van der Waals surface area contributed by atoms with Gasteiger partial charge in [-0.15, -0.1) is 0 Å². The topological polar surface area (TPSA) is 0 Å². The molecule has 0 aromatic heterocycles. The van der Waals surface area contributed by atoms with Crippen LogP contribution in [0.4, 0.5) is 17.3 Å². The molecule has 0 aliphatic heterocycles. The number of unbranched alkanes of at least 4 members (excludes halogenated alkanes) is 13. The molecule has 0 N–H and O–H groups in total. The zero-order valence-corrected chi connectivity index (χ0v) is 25.2. The summed E-state index contributed by atoms with van der Waals surface area (Å²) >= 11 is 0. The third-order valence-corrected chi connectivity index (χ3v) is 12.0. The second kappa shape index (κ2) is 19.9. The van der Waals surface area contributed by atoms with Crippen molar-refractivity contribution in [2.75, 3.05) is 6.16 Å². The van der Waals surface area contributed by atoms with Crippen LogP contribution in [0.2, 0.25) is 0 Å². The third kappa shape index (κ3) is 13.5. The van der Waals surface area contributed by atoms with Crippen molar-refractivity contribution in [2.45, 2.75) is 96.8 Å². The molecule has 0 saturated heterocycles. The molecular formula is C34H48BF4P. The minimum Gasteiger partial charge on any atom is -0.418 e. The maximum Gasteiger partial charge on any atom is 0.673 e. The molecule has 0 unspecified atom stereocenters. The molecule has 0 fully saturated rings. The van der Waals surface area contributed by atoms with Crippen LogP contribution in [0.1, 0.15) is 96.8 Å². The van der Waals surface area contributed by atoms with Crippen molar-refractivity contribution < 1.29 is 17.3 Å². The highest BCUT2D eigenvalue weighted by atomic mass is 31.2. The molecule has 0 heterocycles. The molecule has 0 amide bonds. The summed E-state index contributed by atoms with van der Waals surface area (Å²) in [5.74, 6) is 0. The zero-order valence-electron chi connectivity index (χ0n) is 24.3. The van der Waals surface area contributed by atoms with E-state index in [1.54, 1.807) is 0 Å². The van der Waals surface area contributed by atoms with Crippen LogP contribution in [0, 0.1) is 0 Å². The van der Waals surface area contributed by atoms with Crippen molar-refractivity contribution in [3.8, 4) is 0 Å². The second-order valence-electron chi connectivity index (χ2n) is 10.6. The Morgan fingerprint density at radius 1 is 0.425 bits per heavy atom. The van der Waals surface area contributed by atoms with E-state index in [1.807, 2.05) is 0 Å². The van der Waals surface area contributed by atoms with E-state index in [0.29, 0.717) is 0 Å². The summed E-state index contributed by atoms with van der Waals surface area (Å²) < 4.78 is 39.0. The Bertz CT molecular complexity index is 894. The quantitative estimate of drug-likeness (QED) is 0.0614. The van der Waals surface area contributed by atoms with Crippen LogP contribution in [-0.2, 0) is 0 Å². The molecule has 3 rings (SSSR count). The Morgan fingerprint density at radius 3 is 0.950 bits per heavy atom. The van der Waals surface area contributed by atoms with Crippen LogP contribution >= 0.6 is 7.26 Å². The normalized spacial score (nSPS) is 11.6. The van der Waals surface area contributed by atoms with Gasteiger partial charge in [0.1, 0.15) is 23.2 Å². The van der Waals surface area contributed by atoms with Crippen LogP contribution in [0.25, 0.3) is 0 Å². The van der Waals surface area contributed by atoms with Gasteiger partial charge in [0.25, 0.3) is 0 Å². The fraction of sp³-hybridized carbons (Fsp3) is 0.471. The van der Waals surface area contributed by atoms with Crippen molar-refractivity contribution in [3.63, 3.8) is 0 Å². The van der Waals surface area contributed by atoms with Gasteiger partial charge >= 0.3 is 7.25 Å². The smallest absolute Gasteiger partial charge is 0.418 e. The van der Waals surface area contributed by atoms with Gasteiger partial charge in [-0.1, -0.05) is 139 Å². The molecule has 3 aromatic rings. The summed E-state index contributed by atoms with van der Waals surface area (Å²) in [5, 5.41) is 4.56. The molecule has 0 aliphatic carbocycles. The lowest BCUT2D eigenvalue weighted by Crippen LogP contribution is -2.33. The van der Waals surface area contributed by atoms with E-state index < -0.39 is 14.5 Å². The van der Waals surface area contributed by atoms with E-state index in [-0.39, 0.29) is 0 Å². The third-order valence-electron chi connectivity index (χ3n) is 7.44. The Hall–Kier alpha value is -2.13. The van der Waals surface area contributed by atoms with Gasteiger partial charge in [0.15, 0.2) is 0 Å². The summed E-state index contributed by atoms with van der Waals surface area (Å²) in [4.78, 5) is 0. The maximum absolute atomic E-state index is 9.75. The number of benzene rings is 3. The summed E-state index contributed by atoms with van der Waals surface area (Å²) in [6.45, 7) is 2.30. The van der Waals surface area contributed by atoms with E-state index in [0.717, 1.165) is 0 Å². The van der Waals surface area contributed by atoms with Crippen molar-refractivity contribution in [1.29, 1.82) is 0 Å². The van der Waals surface area contributed by atoms with Gasteiger partial charge in [-0.05, 0) is 49.2 Å². The Balaban J connectivity index is 0.00000103. The van der Waals surface area contributed by atoms with E-state index in [4.69, 9.17) is 0 Å². The van der Waals surface area contributed by atoms with Crippen LogP contribution in [0.15, 0.2) is 91.0 Å². The first-order chi connectivity index (χ1) is 19.4. The number of hydrogen-bond acceptors (Lipinski definition) is 0. The number of rotatable bonds is 18. The number of hydrogen-bond donors (Lipinski definition) is 0. The van der Waals surface area contributed by atoms with E-state index in [1.165, 1.54) is 112 Å². The zero-order chi connectivity index (χ0) is 28.9. The van der Waals surface area contributed by atoms with Crippen molar-refractivity contribution in [2.24, 2.45) is 0 Å². The van der Waals surface area contributed by atoms with Crippen molar-refractivity contribution in [1.82, 2.24) is 0 Å². The molecule has 0 aliphatic rings. The molecule has 40 heavy (non-hydrogen) atoms. The van der Waals surface area contributed by atoms with Crippen LogP contribution in [0.3, 0.4) is 0 Å². The van der Waals surface area contributed by atoms with Gasteiger partial charge in [-0.3, -0.25) is 0 Å². The molecule has 3 aromatic carbocycles. The van der Waals surface area contributed by atoms with Gasteiger partial charge in [0, 0.05) is 0 Å². The van der Waals surface area contributed by atoms with Gasteiger partial charge in [-0.25, -0.2) is 0 Å². The lowest BCUT2D eigenvalue weighted by atomic mass is 10.0. The molecule has 0 spiro atoms. The number of halogens is 4. The maximum atomic E-state index is 9.75. The lowest BCUT2D eigenvalue weighted by molar-refractivity contribution is 0.368. The van der Waals surface area contributed by atoms with Gasteiger partial charge in [0.2, 0.25) is 0 Å². The van der Waals surface area contributed by atoms with Crippen LogP contribution in [-0.4, -0.2) is 13.4 Å². The lowest BCUT2D eigenvalue weighted by Gasteiger charge is -2.27. The van der Waals surface area contributed by atoms with Crippen molar-refractivity contribution in [3.05, 3.63) is 91.0 Å². The molecule has 0 nitrogen and oxygen atoms in total. The molecular weight excluding hydrogens is 526 g/mol. The first-order valence-corrected chi connectivity index (χ1v) is 17.3. The molecule has 0 radical (unpaired) electrons. The average Bonchev–Trinajstić information content (AvgIpc) is 2.96. The Kier molecular flexibility index (Phi) is 16.9. The van der Waals surface area contributed by atoms with E-state index >= 15 is 0 Å². The van der Waals surface area contributed by atoms with Gasteiger partial charge in [0.05, 0.1) is 6.16 Å². The predicted octanol–water partition coefficient (Wildman–Crippen LogP) is 10.8. The largest absolute Gasteiger partial charge is 0.673 e. The Labute approximate surface area is 241 Å². The molecule has 6 heteroatoms. The molecule has 0 bridgehead atoms. The minimum absolute atomic E-state index is 1.27. The van der Waals surface area contributed by atoms with Gasteiger partial charge < -0.3 is 17.3 Å². The first kappa shape index (κ1) is 34.1. The molecule has 0 atom stereocenters. The summed E-state index contributed by atoms with van der Waals surface area (Å²) in [6, 6.07) is 34.0. The molecule has 0 saturated carbocycles. The minimum atomic E-state index is -6.00. The SMILES string of the molecule is CCCCCCCCCCCCCCCC[P+](c1ccccc1)(c1ccccc1)c1ccccc1.F[B-](F)(F)F. The highest BCUT2D eigenvalue weighted by Gasteiger charge is 2.44. The summed E-state index contributed by atoms with van der Waals surface area (Å²) in [5.41, 5.74) is 0.